The second-order valence-corrected chi connectivity index (χ2v) is 9.86. The highest BCUT2D eigenvalue weighted by atomic mass is 16.7. The number of methoxy groups -OCH3 is 1. The van der Waals surface area contributed by atoms with Gasteiger partial charge in [0.2, 0.25) is 0 Å². The number of esters is 2. The van der Waals surface area contributed by atoms with Crippen LogP contribution in [-0.2, 0) is 35.0 Å². The lowest BCUT2D eigenvalue weighted by Gasteiger charge is -2.48. The molecule has 35 heavy (non-hydrogen) atoms. The second kappa shape index (κ2) is 10.2. The molecule has 188 valence electrons. The smallest absolute Gasteiger partial charge is 0.469 e. The molecule has 0 bridgehead atoms. The molecule has 0 radical (unpaired) electrons. The van der Waals surface area contributed by atoms with Crippen LogP contribution in [0.15, 0.2) is 24.3 Å². The molecule has 1 fully saturated rings. The van der Waals surface area contributed by atoms with Gasteiger partial charge >= 0.3 is 18.1 Å². The number of nitrogens with one attached hydrogen (secondary N) is 1. The lowest BCUT2D eigenvalue weighted by Crippen LogP contribution is -2.56. The Labute approximate surface area is 204 Å². The number of ether oxygens (including phenoxy) is 3. The van der Waals surface area contributed by atoms with Crippen LogP contribution in [0.25, 0.3) is 10.9 Å². The van der Waals surface area contributed by atoms with Gasteiger partial charge in [0.15, 0.2) is 0 Å². The third-order valence-corrected chi connectivity index (χ3v) is 7.05. The van der Waals surface area contributed by atoms with Crippen molar-refractivity contribution in [3.63, 3.8) is 0 Å². The van der Waals surface area contributed by atoms with E-state index in [0.29, 0.717) is 12.8 Å². The van der Waals surface area contributed by atoms with Gasteiger partial charge in [0.1, 0.15) is 11.8 Å². The number of aromatic amines is 1. The molecule has 0 spiro atoms. The van der Waals surface area contributed by atoms with Crippen molar-refractivity contribution in [2.24, 2.45) is 17.8 Å². The van der Waals surface area contributed by atoms with E-state index in [1.807, 2.05) is 43.0 Å². The summed E-state index contributed by atoms with van der Waals surface area (Å²) in [7, 11) is 1.33. The maximum Gasteiger partial charge on any atom is 0.516 e. The van der Waals surface area contributed by atoms with Crippen LogP contribution in [0, 0.1) is 17.8 Å². The maximum absolute atomic E-state index is 13.2. The highest BCUT2D eigenvalue weighted by Gasteiger charge is 2.48. The highest BCUT2D eigenvalue weighted by molar-refractivity contribution is 5.90. The quantitative estimate of drug-likeness (QED) is 0.489. The van der Waals surface area contributed by atoms with Crippen LogP contribution < -0.4 is 0 Å². The van der Waals surface area contributed by atoms with Gasteiger partial charge in [-0.25, -0.2) is 9.59 Å². The van der Waals surface area contributed by atoms with Crippen molar-refractivity contribution in [2.45, 2.75) is 52.1 Å². The van der Waals surface area contributed by atoms with Crippen LogP contribution in [0.3, 0.4) is 0 Å². The van der Waals surface area contributed by atoms with Gasteiger partial charge in [-0.2, -0.15) is 0 Å². The molecule has 9 heteroatoms. The molecule has 9 nitrogen and oxygen atoms in total. The van der Waals surface area contributed by atoms with Gasteiger partial charge in [-0.1, -0.05) is 32.0 Å². The molecule has 0 aliphatic carbocycles. The molecule has 2 aromatic rings. The molecule has 1 saturated heterocycles. The van der Waals surface area contributed by atoms with Crippen molar-refractivity contribution < 1.29 is 33.4 Å². The molecule has 1 N–H and O–H groups in total. The van der Waals surface area contributed by atoms with Crippen LogP contribution in [0.5, 0.6) is 0 Å². The van der Waals surface area contributed by atoms with Crippen LogP contribution in [0.4, 0.5) is 4.79 Å². The van der Waals surface area contributed by atoms with Gasteiger partial charge < -0.3 is 19.2 Å². The Hall–Kier alpha value is -3.20. The van der Waals surface area contributed by atoms with Gasteiger partial charge in [0, 0.05) is 41.9 Å². The largest absolute Gasteiger partial charge is 0.516 e. The first-order valence-electron chi connectivity index (χ1n) is 12.0. The van der Waals surface area contributed by atoms with E-state index in [9.17, 15) is 19.2 Å². The number of hydrogen-bond acceptors (Lipinski definition) is 8. The van der Waals surface area contributed by atoms with Crippen molar-refractivity contribution >= 4 is 34.8 Å². The summed E-state index contributed by atoms with van der Waals surface area (Å²) >= 11 is 0. The number of carbonyl (C=O) groups excluding carboxylic acids is 4. The summed E-state index contributed by atoms with van der Waals surface area (Å²) in [5, 5.41) is 1.00. The number of fused-ring (bicyclic) bond motifs is 5. The van der Waals surface area contributed by atoms with Gasteiger partial charge in [-0.3, -0.25) is 14.5 Å². The molecule has 1 aromatic heterocycles. The first-order chi connectivity index (χ1) is 16.7. The summed E-state index contributed by atoms with van der Waals surface area (Å²) < 4.78 is 15.0. The van der Waals surface area contributed by atoms with E-state index >= 15 is 0 Å². The summed E-state index contributed by atoms with van der Waals surface area (Å²) in [5.41, 5.74) is 2.90. The Kier molecular flexibility index (Phi) is 7.25. The van der Waals surface area contributed by atoms with Crippen molar-refractivity contribution in [2.75, 3.05) is 20.3 Å². The van der Waals surface area contributed by atoms with Gasteiger partial charge in [0.25, 0.3) is 0 Å². The van der Waals surface area contributed by atoms with E-state index in [1.165, 1.54) is 14.0 Å². The Bertz CT molecular complexity index is 1140. The van der Waals surface area contributed by atoms with Crippen LogP contribution in [0.1, 0.15) is 50.9 Å². The number of piperidine rings is 1. The first kappa shape index (κ1) is 24.9. The predicted molar refractivity (Wildman–Crippen MR) is 126 cm³/mol. The lowest BCUT2D eigenvalue weighted by atomic mass is 9.74. The number of H-pyrrole nitrogens is 1. The number of carbonyl (C=O) groups is 4. The summed E-state index contributed by atoms with van der Waals surface area (Å²) in [6.07, 6.45) is -0.0788. The number of rotatable bonds is 6. The van der Waals surface area contributed by atoms with Gasteiger partial charge in [0.05, 0.1) is 19.8 Å². The Morgan fingerprint density at radius 1 is 1.17 bits per heavy atom. The van der Waals surface area contributed by atoms with Crippen molar-refractivity contribution in [3.05, 3.63) is 35.5 Å². The van der Waals surface area contributed by atoms with Crippen molar-refractivity contribution in [1.82, 2.24) is 9.88 Å². The number of benzene rings is 1. The number of hydrogen-bond donors (Lipinski definition) is 1. The monoisotopic (exact) mass is 484 g/mol. The average molecular weight is 485 g/mol. The molecular formula is C26H32N2O7. The summed E-state index contributed by atoms with van der Waals surface area (Å²) in [6, 6.07) is 6.83. The van der Waals surface area contributed by atoms with Gasteiger partial charge in [-0.05, 0) is 36.8 Å². The highest BCUT2D eigenvalue weighted by Crippen LogP contribution is 2.46. The maximum atomic E-state index is 13.2. The average Bonchev–Trinajstić information content (AvgIpc) is 3.20. The zero-order valence-electron chi connectivity index (χ0n) is 20.5. The van der Waals surface area contributed by atoms with E-state index in [-0.39, 0.29) is 49.2 Å². The first-order valence-corrected chi connectivity index (χ1v) is 12.0. The third kappa shape index (κ3) is 5.10. The Morgan fingerprint density at radius 3 is 2.60 bits per heavy atom. The fourth-order valence-corrected chi connectivity index (χ4v) is 5.37. The summed E-state index contributed by atoms with van der Waals surface area (Å²) in [6.45, 7) is 5.71. The molecule has 4 atom stereocenters. The number of nitrogens with zero attached hydrogens (tertiary/aromatic N) is 1. The summed E-state index contributed by atoms with van der Waals surface area (Å²) in [4.78, 5) is 55.5. The van der Waals surface area contributed by atoms with E-state index in [2.05, 4.69) is 4.98 Å². The SMILES string of the molecule is COC(=O)C[C@H]1C[C@H]2c3[nH]c4ccccc4c3C[C@H](C(=O)OC(=O)OCC(C)C)N2C[C@@H]1C(C)=O. The molecule has 0 amide bonds. The number of para-hydroxylation sites is 1. The van der Waals surface area contributed by atoms with Crippen LogP contribution in [0.2, 0.25) is 0 Å². The fourth-order valence-electron chi connectivity index (χ4n) is 5.37. The molecule has 2 aliphatic heterocycles. The molecule has 0 saturated carbocycles. The predicted octanol–water partition coefficient (Wildman–Crippen LogP) is 3.56. The number of aromatic nitrogens is 1. The van der Waals surface area contributed by atoms with Crippen molar-refractivity contribution in [3.8, 4) is 0 Å². The minimum absolute atomic E-state index is 0.0525. The Balaban J connectivity index is 1.68. The molecule has 3 heterocycles. The minimum atomic E-state index is -1.02. The lowest BCUT2D eigenvalue weighted by molar-refractivity contribution is -0.153. The normalized spacial score (nSPS) is 23.9. The van der Waals surface area contributed by atoms with Crippen molar-refractivity contribution in [1.29, 1.82) is 0 Å². The van der Waals surface area contributed by atoms with Gasteiger partial charge in [-0.15, -0.1) is 0 Å². The number of ketones is 1. The standard InChI is InChI=1S/C26H32N2O7/c1-14(2)13-34-26(32)35-25(31)22-11-18-17-7-5-6-8-20(17)27-24(18)21-9-16(10-23(30)33-4)19(15(3)29)12-28(21)22/h5-8,14,16,19,21-22,27H,9-13H2,1-4H3/t16-,19-,21+,22-/m1/s1. The van der Waals surface area contributed by atoms with E-state index in [0.717, 1.165) is 22.2 Å². The Morgan fingerprint density at radius 2 is 1.91 bits per heavy atom. The molecule has 4 rings (SSSR count). The number of Topliss-reactive ketones (excluding diaryl/α,β-unsaturated/α-hetero) is 1. The van der Waals surface area contributed by atoms with E-state index in [4.69, 9.17) is 14.2 Å². The van der Waals surface area contributed by atoms with Crippen LogP contribution in [-0.4, -0.2) is 60.1 Å². The minimum Gasteiger partial charge on any atom is -0.469 e. The second-order valence-electron chi connectivity index (χ2n) is 9.86. The molecule has 1 aromatic carbocycles. The van der Waals surface area contributed by atoms with E-state index < -0.39 is 24.1 Å². The van der Waals surface area contributed by atoms with Crippen LogP contribution >= 0.6 is 0 Å². The summed E-state index contributed by atoms with van der Waals surface area (Å²) in [5.74, 6) is -1.69. The molecule has 2 aliphatic rings. The third-order valence-electron chi connectivity index (χ3n) is 7.05. The molecular weight excluding hydrogens is 452 g/mol. The zero-order valence-corrected chi connectivity index (χ0v) is 20.5. The molecule has 0 unspecified atom stereocenters. The zero-order chi connectivity index (χ0) is 25.3. The van der Waals surface area contributed by atoms with E-state index in [1.54, 1.807) is 0 Å². The topological polar surface area (TPSA) is 115 Å². The fraction of sp³-hybridized carbons (Fsp3) is 0.538.